The quantitative estimate of drug-likeness (QED) is 0.912. The first-order chi connectivity index (χ1) is 7.36. The zero-order valence-corrected chi connectivity index (χ0v) is 11.3. The van der Waals surface area contributed by atoms with Gasteiger partial charge < -0.3 is 9.73 Å². The summed E-state index contributed by atoms with van der Waals surface area (Å²) >= 11 is 0. The number of rotatable bonds is 4. The molecular formula is C13H17Cl2NO. The van der Waals surface area contributed by atoms with Gasteiger partial charge in [0, 0.05) is 6.04 Å². The third-order valence-electron chi connectivity index (χ3n) is 2.46. The third-order valence-corrected chi connectivity index (χ3v) is 2.46. The van der Waals surface area contributed by atoms with E-state index in [2.05, 4.69) is 36.5 Å². The summed E-state index contributed by atoms with van der Waals surface area (Å²) in [7, 11) is 0. The summed E-state index contributed by atoms with van der Waals surface area (Å²) in [6.07, 6.45) is 1.70. The topological polar surface area (TPSA) is 25.2 Å². The minimum atomic E-state index is 0. The zero-order valence-electron chi connectivity index (χ0n) is 9.63. The van der Waals surface area contributed by atoms with Gasteiger partial charge >= 0.3 is 0 Å². The molecule has 0 aliphatic carbocycles. The van der Waals surface area contributed by atoms with E-state index in [0.717, 1.165) is 12.3 Å². The highest BCUT2D eigenvalue weighted by atomic mass is 35.5. The number of hydrogen-bond donors (Lipinski definition) is 1. The van der Waals surface area contributed by atoms with Crippen LogP contribution < -0.4 is 5.32 Å². The van der Waals surface area contributed by atoms with Crippen LogP contribution in [0.25, 0.3) is 0 Å². The van der Waals surface area contributed by atoms with Crippen molar-refractivity contribution in [3.05, 3.63) is 60.1 Å². The lowest BCUT2D eigenvalue weighted by Gasteiger charge is -2.12. The number of hydrogen-bond acceptors (Lipinski definition) is 2. The number of furan rings is 1. The van der Waals surface area contributed by atoms with Gasteiger partial charge in [0.15, 0.2) is 0 Å². The van der Waals surface area contributed by atoms with Crippen molar-refractivity contribution in [3.8, 4) is 0 Å². The molecule has 0 spiro atoms. The molecule has 0 aliphatic heterocycles. The van der Waals surface area contributed by atoms with Gasteiger partial charge in [-0.05, 0) is 24.6 Å². The molecule has 0 aliphatic rings. The van der Waals surface area contributed by atoms with Gasteiger partial charge in [0.1, 0.15) is 5.76 Å². The Morgan fingerprint density at radius 1 is 1.06 bits per heavy atom. The summed E-state index contributed by atoms with van der Waals surface area (Å²) in [5.41, 5.74) is 1.30. The van der Waals surface area contributed by atoms with Gasteiger partial charge in [-0.3, -0.25) is 0 Å². The van der Waals surface area contributed by atoms with Crippen LogP contribution in [0.4, 0.5) is 0 Å². The van der Waals surface area contributed by atoms with E-state index in [1.54, 1.807) is 6.26 Å². The van der Waals surface area contributed by atoms with Crippen LogP contribution in [-0.2, 0) is 6.54 Å². The van der Waals surface area contributed by atoms with E-state index in [0.29, 0.717) is 6.04 Å². The smallest absolute Gasteiger partial charge is 0.117 e. The molecular weight excluding hydrogens is 257 g/mol. The van der Waals surface area contributed by atoms with Gasteiger partial charge in [-0.1, -0.05) is 30.3 Å². The normalized spacial score (nSPS) is 11.1. The fraction of sp³-hybridized carbons (Fsp3) is 0.231. The van der Waals surface area contributed by atoms with Crippen LogP contribution in [0, 0.1) is 0 Å². The molecule has 1 atom stereocenters. The first-order valence-corrected chi connectivity index (χ1v) is 5.17. The Kier molecular flexibility index (Phi) is 7.72. The molecule has 94 valence electrons. The van der Waals surface area contributed by atoms with Crippen molar-refractivity contribution in [3.63, 3.8) is 0 Å². The van der Waals surface area contributed by atoms with Crippen molar-refractivity contribution in [2.24, 2.45) is 0 Å². The number of halogens is 2. The van der Waals surface area contributed by atoms with Gasteiger partial charge in [0.25, 0.3) is 0 Å². The van der Waals surface area contributed by atoms with E-state index >= 15 is 0 Å². The average molecular weight is 274 g/mol. The standard InChI is InChI=1S/C13H15NO.2ClH/c1-11(12-6-3-2-4-7-12)14-10-13-8-5-9-15-13;;/h2-9,11,14H,10H2,1H3;2*1H. The second-order valence-electron chi connectivity index (χ2n) is 3.59. The van der Waals surface area contributed by atoms with Crippen LogP contribution in [0.15, 0.2) is 53.1 Å². The Hall–Kier alpha value is -0.960. The lowest BCUT2D eigenvalue weighted by molar-refractivity contribution is 0.460. The van der Waals surface area contributed by atoms with Crippen LogP contribution in [0.2, 0.25) is 0 Å². The van der Waals surface area contributed by atoms with Crippen LogP contribution in [0.3, 0.4) is 0 Å². The Morgan fingerprint density at radius 3 is 2.35 bits per heavy atom. The SMILES string of the molecule is CC(NCc1ccco1)c1ccccc1.Cl.Cl. The first-order valence-electron chi connectivity index (χ1n) is 5.17. The molecule has 0 amide bonds. The van der Waals surface area contributed by atoms with Crippen molar-refractivity contribution in [1.29, 1.82) is 0 Å². The van der Waals surface area contributed by atoms with Crippen LogP contribution in [0.5, 0.6) is 0 Å². The molecule has 2 nitrogen and oxygen atoms in total. The van der Waals surface area contributed by atoms with Crippen molar-refractivity contribution < 1.29 is 4.42 Å². The molecule has 2 aromatic rings. The molecule has 0 bridgehead atoms. The van der Waals surface area contributed by atoms with Gasteiger partial charge in [0.2, 0.25) is 0 Å². The molecule has 4 heteroatoms. The maximum atomic E-state index is 5.26. The summed E-state index contributed by atoms with van der Waals surface area (Å²) in [5, 5.41) is 3.41. The minimum absolute atomic E-state index is 0. The maximum Gasteiger partial charge on any atom is 0.117 e. The number of nitrogens with one attached hydrogen (secondary N) is 1. The van der Waals surface area contributed by atoms with Gasteiger partial charge in [-0.25, -0.2) is 0 Å². The van der Waals surface area contributed by atoms with Crippen molar-refractivity contribution in [2.75, 3.05) is 0 Å². The Balaban J connectivity index is 0.00000128. The largest absolute Gasteiger partial charge is 0.468 e. The van der Waals surface area contributed by atoms with E-state index in [1.165, 1.54) is 5.56 Å². The van der Waals surface area contributed by atoms with Crippen molar-refractivity contribution >= 4 is 24.8 Å². The Morgan fingerprint density at radius 2 is 1.76 bits per heavy atom. The van der Waals surface area contributed by atoms with Gasteiger partial charge in [-0.15, -0.1) is 24.8 Å². The van der Waals surface area contributed by atoms with Crippen LogP contribution >= 0.6 is 24.8 Å². The van der Waals surface area contributed by atoms with E-state index in [9.17, 15) is 0 Å². The fourth-order valence-electron chi connectivity index (χ4n) is 1.53. The fourth-order valence-corrected chi connectivity index (χ4v) is 1.53. The second kappa shape index (κ2) is 8.18. The molecule has 0 radical (unpaired) electrons. The summed E-state index contributed by atoms with van der Waals surface area (Å²) in [6.45, 7) is 2.92. The lowest BCUT2D eigenvalue weighted by atomic mass is 10.1. The summed E-state index contributed by atoms with van der Waals surface area (Å²) in [6, 6.07) is 14.6. The van der Waals surface area contributed by atoms with E-state index in [4.69, 9.17) is 4.42 Å². The molecule has 0 saturated heterocycles. The lowest BCUT2D eigenvalue weighted by Crippen LogP contribution is -2.17. The Labute approximate surface area is 114 Å². The Bertz CT molecular complexity index is 389. The molecule has 1 N–H and O–H groups in total. The molecule has 17 heavy (non-hydrogen) atoms. The molecule has 1 aromatic carbocycles. The maximum absolute atomic E-state index is 5.26. The highest BCUT2D eigenvalue weighted by Gasteiger charge is 2.04. The number of benzene rings is 1. The molecule has 1 unspecified atom stereocenters. The summed E-state index contributed by atoms with van der Waals surface area (Å²) in [5.74, 6) is 0.970. The zero-order chi connectivity index (χ0) is 10.5. The molecule has 1 heterocycles. The highest BCUT2D eigenvalue weighted by molar-refractivity contribution is 5.85. The van der Waals surface area contributed by atoms with Gasteiger partial charge in [0.05, 0.1) is 12.8 Å². The first kappa shape index (κ1) is 16.0. The summed E-state index contributed by atoms with van der Waals surface area (Å²) < 4.78 is 5.26. The predicted molar refractivity (Wildman–Crippen MR) is 74.9 cm³/mol. The van der Waals surface area contributed by atoms with Gasteiger partial charge in [-0.2, -0.15) is 0 Å². The van der Waals surface area contributed by atoms with Crippen molar-refractivity contribution in [1.82, 2.24) is 5.32 Å². The monoisotopic (exact) mass is 273 g/mol. The second-order valence-corrected chi connectivity index (χ2v) is 3.59. The van der Waals surface area contributed by atoms with E-state index in [1.807, 2.05) is 18.2 Å². The summed E-state index contributed by atoms with van der Waals surface area (Å²) in [4.78, 5) is 0. The third kappa shape index (κ3) is 4.82. The predicted octanol–water partition coefficient (Wildman–Crippen LogP) is 3.97. The minimum Gasteiger partial charge on any atom is -0.468 e. The van der Waals surface area contributed by atoms with E-state index in [-0.39, 0.29) is 24.8 Å². The molecule has 0 fully saturated rings. The highest BCUT2D eigenvalue weighted by Crippen LogP contribution is 2.12. The van der Waals surface area contributed by atoms with Crippen LogP contribution in [-0.4, -0.2) is 0 Å². The van der Waals surface area contributed by atoms with E-state index < -0.39 is 0 Å². The molecule has 2 rings (SSSR count). The van der Waals surface area contributed by atoms with Crippen LogP contribution in [0.1, 0.15) is 24.3 Å². The van der Waals surface area contributed by atoms with Crippen molar-refractivity contribution in [2.45, 2.75) is 19.5 Å². The molecule has 0 saturated carbocycles. The molecule has 1 aromatic heterocycles. The average Bonchev–Trinajstić information content (AvgIpc) is 2.80.